The summed E-state index contributed by atoms with van der Waals surface area (Å²) in [6.07, 6.45) is 0.611. The molecule has 0 aliphatic heterocycles. The molecule has 0 unspecified atom stereocenters. The molecule has 9 heteroatoms. The lowest BCUT2D eigenvalue weighted by Crippen LogP contribution is -2.28. The molecule has 1 atom stereocenters. The number of methoxy groups -OCH3 is 4. The summed E-state index contributed by atoms with van der Waals surface area (Å²) in [5.41, 5.74) is 1.85. The molecule has 0 radical (unpaired) electrons. The van der Waals surface area contributed by atoms with Crippen LogP contribution in [0.1, 0.15) is 22.8 Å². The smallest absolute Gasteiger partial charge is 0.253 e. The Labute approximate surface area is 221 Å². The highest BCUT2D eigenvalue weighted by atomic mass is 32.2. The Hall–Kier alpha value is -3.85. The van der Waals surface area contributed by atoms with Crippen molar-refractivity contribution in [2.75, 3.05) is 40.3 Å². The molecule has 37 heavy (non-hydrogen) atoms. The van der Waals surface area contributed by atoms with Crippen LogP contribution in [0.4, 0.5) is 5.69 Å². The number of hydrogen-bond acceptors (Lipinski definition) is 7. The van der Waals surface area contributed by atoms with Crippen molar-refractivity contribution < 1.29 is 28.5 Å². The van der Waals surface area contributed by atoms with Gasteiger partial charge in [-0.3, -0.25) is 9.59 Å². The van der Waals surface area contributed by atoms with E-state index in [1.54, 1.807) is 58.8 Å². The maximum atomic E-state index is 12.9. The number of carbonyl (C=O) groups is 2. The van der Waals surface area contributed by atoms with Gasteiger partial charge in [-0.1, -0.05) is 18.2 Å². The number of ether oxygens (including phenoxy) is 4. The van der Waals surface area contributed by atoms with Crippen LogP contribution < -0.4 is 29.6 Å². The van der Waals surface area contributed by atoms with E-state index >= 15 is 0 Å². The third-order valence-corrected chi connectivity index (χ3v) is 6.71. The molecule has 0 bridgehead atoms. The molecule has 3 rings (SSSR count). The Balaban J connectivity index is 1.60. The van der Waals surface area contributed by atoms with Gasteiger partial charge in [0.2, 0.25) is 5.91 Å². The first-order valence-electron chi connectivity index (χ1n) is 11.7. The molecule has 3 aromatic carbocycles. The number of carbonyl (C=O) groups excluding carboxylic acids is 2. The summed E-state index contributed by atoms with van der Waals surface area (Å²) in [5.74, 6) is 2.02. The Morgan fingerprint density at radius 3 is 2.11 bits per heavy atom. The SMILES string of the molecule is COc1ccc(CCNC(=O)c2ccccc2NC(=O)[C@H](C)Sc2ccc(OC)c(OC)c2)cc1OC. The van der Waals surface area contributed by atoms with Gasteiger partial charge in [0.1, 0.15) is 0 Å². The first-order chi connectivity index (χ1) is 17.9. The lowest BCUT2D eigenvalue weighted by Gasteiger charge is -2.16. The lowest BCUT2D eigenvalue weighted by molar-refractivity contribution is -0.115. The van der Waals surface area contributed by atoms with Gasteiger partial charge in [0.15, 0.2) is 23.0 Å². The molecule has 0 heterocycles. The van der Waals surface area contributed by atoms with E-state index < -0.39 is 5.25 Å². The Morgan fingerprint density at radius 1 is 0.811 bits per heavy atom. The predicted octanol–water partition coefficient (Wildman–Crippen LogP) is 4.81. The van der Waals surface area contributed by atoms with Crippen LogP contribution in [0.2, 0.25) is 0 Å². The second-order valence-corrected chi connectivity index (χ2v) is 9.42. The molecule has 0 aromatic heterocycles. The van der Waals surface area contributed by atoms with Gasteiger partial charge < -0.3 is 29.6 Å². The van der Waals surface area contributed by atoms with Crippen LogP contribution in [0.5, 0.6) is 23.0 Å². The van der Waals surface area contributed by atoms with Gasteiger partial charge in [0, 0.05) is 11.4 Å². The highest BCUT2D eigenvalue weighted by molar-refractivity contribution is 8.00. The molecule has 2 amide bonds. The van der Waals surface area contributed by atoms with E-state index in [9.17, 15) is 9.59 Å². The van der Waals surface area contributed by atoms with E-state index in [0.29, 0.717) is 47.2 Å². The molecule has 196 valence electrons. The molecule has 0 saturated heterocycles. The number of rotatable bonds is 12. The first-order valence-corrected chi connectivity index (χ1v) is 12.6. The third-order valence-electron chi connectivity index (χ3n) is 5.61. The van der Waals surface area contributed by atoms with Crippen molar-refractivity contribution in [3.8, 4) is 23.0 Å². The van der Waals surface area contributed by atoms with Crippen molar-refractivity contribution in [2.45, 2.75) is 23.5 Å². The van der Waals surface area contributed by atoms with E-state index in [1.807, 2.05) is 37.3 Å². The number of anilines is 1. The quantitative estimate of drug-likeness (QED) is 0.328. The van der Waals surface area contributed by atoms with Gasteiger partial charge in [-0.15, -0.1) is 11.8 Å². The van der Waals surface area contributed by atoms with Crippen LogP contribution in [0.25, 0.3) is 0 Å². The number of nitrogens with one attached hydrogen (secondary N) is 2. The zero-order chi connectivity index (χ0) is 26.8. The van der Waals surface area contributed by atoms with Crippen LogP contribution >= 0.6 is 11.8 Å². The van der Waals surface area contributed by atoms with Crippen molar-refractivity contribution in [3.63, 3.8) is 0 Å². The summed E-state index contributed by atoms with van der Waals surface area (Å²) >= 11 is 1.38. The largest absolute Gasteiger partial charge is 0.493 e. The molecule has 0 saturated carbocycles. The second kappa shape index (κ2) is 13.5. The van der Waals surface area contributed by atoms with Crippen molar-refractivity contribution in [1.82, 2.24) is 5.32 Å². The Morgan fingerprint density at radius 2 is 1.43 bits per heavy atom. The van der Waals surface area contributed by atoms with E-state index in [2.05, 4.69) is 10.6 Å². The zero-order valence-corrected chi connectivity index (χ0v) is 22.4. The average Bonchev–Trinajstić information content (AvgIpc) is 2.92. The highest BCUT2D eigenvalue weighted by Gasteiger charge is 2.19. The summed E-state index contributed by atoms with van der Waals surface area (Å²) < 4.78 is 21.2. The lowest BCUT2D eigenvalue weighted by atomic mass is 10.1. The summed E-state index contributed by atoms with van der Waals surface area (Å²) in [6, 6.07) is 18.1. The molecule has 0 fully saturated rings. The molecule has 0 aliphatic carbocycles. The molecule has 2 N–H and O–H groups in total. The fourth-order valence-corrected chi connectivity index (χ4v) is 4.52. The minimum atomic E-state index is -0.417. The van der Waals surface area contributed by atoms with Crippen LogP contribution in [-0.2, 0) is 11.2 Å². The highest BCUT2D eigenvalue weighted by Crippen LogP contribution is 2.34. The maximum Gasteiger partial charge on any atom is 0.253 e. The average molecular weight is 525 g/mol. The van der Waals surface area contributed by atoms with Gasteiger partial charge in [0.25, 0.3) is 5.91 Å². The van der Waals surface area contributed by atoms with E-state index in [1.165, 1.54) is 11.8 Å². The number of thioether (sulfide) groups is 1. The molecule has 8 nitrogen and oxygen atoms in total. The topological polar surface area (TPSA) is 95.1 Å². The van der Waals surface area contributed by atoms with Crippen LogP contribution in [0.3, 0.4) is 0 Å². The molecular formula is C28H32N2O6S. The Bertz CT molecular complexity index is 1230. The Kier molecular flexibility index (Phi) is 10.1. The van der Waals surface area contributed by atoms with Crippen LogP contribution in [0, 0.1) is 0 Å². The van der Waals surface area contributed by atoms with E-state index in [4.69, 9.17) is 18.9 Å². The van der Waals surface area contributed by atoms with Gasteiger partial charge in [-0.25, -0.2) is 0 Å². The first kappa shape index (κ1) is 27.7. The number of hydrogen-bond donors (Lipinski definition) is 2. The monoisotopic (exact) mass is 524 g/mol. The number of benzene rings is 3. The van der Waals surface area contributed by atoms with Crippen LogP contribution in [-0.4, -0.2) is 52.0 Å². The van der Waals surface area contributed by atoms with Crippen LogP contribution in [0.15, 0.2) is 65.6 Å². The third kappa shape index (κ3) is 7.33. The van der Waals surface area contributed by atoms with Crippen molar-refractivity contribution >= 4 is 29.3 Å². The normalized spacial score (nSPS) is 11.3. The van der Waals surface area contributed by atoms with Crippen molar-refractivity contribution in [1.29, 1.82) is 0 Å². The number of para-hydroxylation sites is 1. The summed E-state index contributed by atoms with van der Waals surface area (Å²) in [5, 5.41) is 5.40. The molecule has 0 aliphatic rings. The summed E-state index contributed by atoms with van der Waals surface area (Å²) in [4.78, 5) is 26.7. The van der Waals surface area contributed by atoms with E-state index in [-0.39, 0.29) is 11.8 Å². The van der Waals surface area contributed by atoms with Gasteiger partial charge in [-0.2, -0.15) is 0 Å². The zero-order valence-electron chi connectivity index (χ0n) is 21.6. The summed E-state index contributed by atoms with van der Waals surface area (Å²) in [7, 11) is 6.31. The van der Waals surface area contributed by atoms with Gasteiger partial charge in [-0.05, 0) is 61.4 Å². The minimum absolute atomic E-state index is 0.217. The molecular weight excluding hydrogens is 492 g/mol. The van der Waals surface area contributed by atoms with Crippen molar-refractivity contribution in [2.24, 2.45) is 0 Å². The fraction of sp³-hybridized carbons (Fsp3) is 0.286. The maximum absolute atomic E-state index is 12.9. The summed E-state index contributed by atoms with van der Waals surface area (Å²) in [6.45, 7) is 2.23. The predicted molar refractivity (Wildman–Crippen MR) is 146 cm³/mol. The van der Waals surface area contributed by atoms with E-state index in [0.717, 1.165) is 10.5 Å². The molecule has 0 spiro atoms. The fourth-order valence-electron chi connectivity index (χ4n) is 3.62. The minimum Gasteiger partial charge on any atom is -0.493 e. The standard InChI is InChI=1S/C28H32N2O6S/c1-18(37-20-11-13-24(34-3)26(17-20)36-5)27(31)30-22-9-7-6-8-21(22)28(32)29-15-14-19-10-12-23(33-2)25(16-19)35-4/h6-13,16-18H,14-15H2,1-5H3,(H,29,32)(H,30,31)/t18-/m0/s1. The molecule has 3 aromatic rings. The second-order valence-electron chi connectivity index (χ2n) is 8.01. The van der Waals surface area contributed by atoms with Gasteiger partial charge >= 0.3 is 0 Å². The van der Waals surface area contributed by atoms with Crippen molar-refractivity contribution in [3.05, 3.63) is 71.8 Å². The number of amides is 2. The van der Waals surface area contributed by atoms with Gasteiger partial charge in [0.05, 0.1) is 44.9 Å².